The van der Waals surface area contributed by atoms with E-state index >= 15 is 0 Å². The first-order valence-corrected chi connectivity index (χ1v) is 7.17. The van der Waals surface area contributed by atoms with Gasteiger partial charge in [-0.3, -0.25) is 4.79 Å². The molecule has 2 rings (SSSR count). The first-order valence-electron chi connectivity index (χ1n) is 7.17. The molecule has 0 fully saturated rings. The third kappa shape index (κ3) is 6.82. The number of aliphatic carboxylic acids is 1. The fraction of sp³-hybridized carbons (Fsp3) is 0.235. The predicted molar refractivity (Wildman–Crippen MR) is 88.3 cm³/mol. The first kappa shape index (κ1) is 18.5. The zero-order valence-electron chi connectivity index (χ0n) is 12.7. The van der Waals surface area contributed by atoms with Crippen LogP contribution in [-0.2, 0) is 17.6 Å². The molecule has 1 atom stereocenters. The van der Waals surface area contributed by atoms with Gasteiger partial charge in [-0.05, 0) is 42.6 Å². The quantitative estimate of drug-likeness (QED) is 0.527. The molecule has 0 saturated heterocycles. The van der Waals surface area contributed by atoms with Crippen LogP contribution < -0.4 is 11.5 Å². The highest BCUT2D eigenvalue weighted by Gasteiger charge is 2.10. The van der Waals surface area contributed by atoms with Crippen LogP contribution in [0.3, 0.4) is 0 Å². The fourth-order valence-corrected chi connectivity index (χ4v) is 1.85. The summed E-state index contributed by atoms with van der Waals surface area (Å²) in [6, 6.07) is 13.3. The van der Waals surface area contributed by atoms with Gasteiger partial charge in [0.2, 0.25) is 0 Å². The minimum atomic E-state index is -0.959. The highest BCUT2D eigenvalue weighted by atomic mass is 16.4. The number of aromatic hydroxyl groups is 2. The molecule has 124 valence electrons. The third-order valence-corrected chi connectivity index (χ3v) is 3.09. The Morgan fingerprint density at radius 3 is 2.17 bits per heavy atom. The Kier molecular flexibility index (Phi) is 7.59. The van der Waals surface area contributed by atoms with E-state index in [2.05, 4.69) is 0 Å². The summed E-state index contributed by atoms with van der Waals surface area (Å²) in [6.07, 6.45) is 1.10. The van der Waals surface area contributed by atoms with E-state index in [9.17, 15) is 4.79 Å². The molecule has 2 aromatic rings. The Balaban J connectivity index is 0.000000231. The van der Waals surface area contributed by atoms with E-state index in [1.165, 1.54) is 12.1 Å². The molecule has 0 radical (unpaired) electrons. The minimum Gasteiger partial charge on any atom is -0.504 e. The lowest BCUT2D eigenvalue weighted by atomic mass is 10.1. The van der Waals surface area contributed by atoms with Crippen molar-refractivity contribution < 1.29 is 20.1 Å². The maximum absolute atomic E-state index is 10.4. The lowest BCUT2D eigenvalue weighted by molar-refractivity contribution is -0.138. The Bertz CT molecular complexity index is 617. The van der Waals surface area contributed by atoms with Crippen LogP contribution >= 0.6 is 0 Å². The number of hydrogen-bond donors (Lipinski definition) is 5. The molecule has 2 aromatic carbocycles. The number of hydrogen-bond acceptors (Lipinski definition) is 5. The van der Waals surface area contributed by atoms with Crippen molar-refractivity contribution in [2.24, 2.45) is 11.5 Å². The summed E-state index contributed by atoms with van der Waals surface area (Å²) < 4.78 is 0. The highest BCUT2D eigenvalue weighted by molar-refractivity contribution is 5.73. The molecule has 0 aliphatic carbocycles. The molecular formula is C17H22N2O4. The summed E-state index contributed by atoms with van der Waals surface area (Å²) >= 11 is 0. The van der Waals surface area contributed by atoms with Crippen molar-refractivity contribution in [2.75, 3.05) is 6.54 Å². The average Bonchev–Trinajstić information content (AvgIpc) is 2.53. The van der Waals surface area contributed by atoms with Crippen LogP contribution in [0.25, 0.3) is 0 Å². The van der Waals surface area contributed by atoms with Crippen molar-refractivity contribution in [2.45, 2.75) is 18.9 Å². The summed E-state index contributed by atoms with van der Waals surface area (Å²) in [7, 11) is 0. The van der Waals surface area contributed by atoms with E-state index in [0.717, 1.165) is 11.1 Å². The molecule has 0 bridgehead atoms. The molecule has 0 aromatic heterocycles. The second-order valence-corrected chi connectivity index (χ2v) is 5.00. The number of carboxylic acid groups (broad SMARTS) is 1. The van der Waals surface area contributed by atoms with E-state index in [1.54, 1.807) is 6.07 Å². The normalized spacial score (nSPS) is 11.2. The molecule has 0 heterocycles. The lowest BCUT2D eigenvalue weighted by Gasteiger charge is -2.04. The predicted octanol–water partition coefficient (Wildman–Crippen LogP) is 1.24. The van der Waals surface area contributed by atoms with Gasteiger partial charge in [-0.25, -0.2) is 0 Å². The molecule has 0 unspecified atom stereocenters. The van der Waals surface area contributed by atoms with Crippen LogP contribution in [0.1, 0.15) is 11.1 Å². The van der Waals surface area contributed by atoms with Gasteiger partial charge >= 0.3 is 5.97 Å². The molecule has 0 spiro atoms. The number of nitrogens with two attached hydrogens (primary N) is 2. The zero-order valence-corrected chi connectivity index (χ0v) is 12.7. The largest absolute Gasteiger partial charge is 0.504 e. The molecule has 7 N–H and O–H groups in total. The maximum atomic E-state index is 10.4. The summed E-state index contributed by atoms with van der Waals surface area (Å²) in [5, 5.41) is 26.5. The topological polar surface area (TPSA) is 130 Å². The standard InChI is InChI=1S/C9H11NO2.C8H11NO2/c10-8(9(11)12)6-7-4-2-1-3-5-7;9-4-3-6-1-2-7(10)8(11)5-6/h1-5,8H,6,10H2,(H,11,12);1-2,5,10-11H,3-4,9H2/t8-;/m0./s1. The average molecular weight is 318 g/mol. The van der Waals surface area contributed by atoms with Gasteiger partial charge in [-0.15, -0.1) is 0 Å². The summed E-state index contributed by atoms with van der Waals surface area (Å²) in [6.45, 7) is 0.546. The molecule has 6 heteroatoms. The van der Waals surface area contributed by atoms with Crippen LogP contribution in [0.2, 0.25) is 0 Å². The molecule has 0 aliphatic rings. The fourth-order valence-electron chi connectivity index (χ4n) is 1.85. The van der Waals surface area contributed by atoms with Gasteiger partial charge in [0, 0.05) is 0 Å². The lowest BCUT2D eigenvalue weighted by Crippen LogP contribution is -2.32. The van der Waals surface area contributed by atoms with E-state index < -0.39 is 12.0 Å². The Labute approximate surface area is 135 Å². The summed E-state index contributed by atoms with van der Waals surface area (Å²) in [5.41, 5.74) is 12.5. The van der Waals surface area contributed by atoms with Gasteiger partial charge in [0.1, 0.15) is 6.04 Å². The molecular weight excluding hydrogens is 296 g/mol. The van der Waals surface area contributed by atoms with Crippen LogP contribution in [0.4, 0.5) is 0 Å². The van der Waals surface area contributed by atoms with Crippen LogP contribution in [0, 0.1) is 0 Å². The summed E-state index contributed by atoms with van der Waals surface area (Å²) in [5.74, 6) is -1.14. The van der Waals surface area contributed by atoms with Crippen LogP contribution in [-0.4, -0.2) is 33.9 Å². The van der Waals surface area contributed by atoms with Crippen LogP contribution in [0.5, 0.6) is 11.5 Å². The van der Waals surface area contributed by atoms with Gasteiger partial charge in [0.05, 0.1) is 0 Å². The first-order chi connectivity index (χ1) is 10.9. The molecule has 0 amide bonds. The molecule has 23 heavy (non-hydrogen) atoms. The monoisotopic (exact) mass is 318 g/mol. The van der Waals surface area contributed by atoms with E-state index in [-0.39, 0.29) is 11.5 Å². The van der Waals surface area contributed by atoms with E-state index in [4.69, 9.17) is 26.8 Å². The highest BCUT2D eigenvalue weighted by Crippen LogP contribution is 2.24. The number of phenols is 2. The number of benzene rings is 2. The van der Waals surface area contributed by atoms with Gasteiger partial charge in [-0.2, -0.15) is 0 Å². The van der Waals surface area contributed by atoms with Crippen molar-refractivity contribution in [1.29, 1.82) is 0 Å². The van der Waals surface area contributed by atoms with Crippen molar-refractivity contribution in [3.05, 3.63) is 59.7 Å². The van der Waals surface area contributed by atoms with Gasteiger partial charge in [0.15, 0.2) is 11.5 Å². The number of carboxylic acids is 1. The second kappa shape index (κ2) is 9.45. The molecule has 6 nitrogen and oxygen atoms in total. The number of carbonyl (C=O) groups is 1. The van der Waals surface area contributed by atoms with Crippen molar-refractivity contribution in [3.8, 4) is 11.5 Å². The SMILES string of the molecule is NCCc1ccc(O)c(O)c1.N[C@@H](Cc1ccccc1)C(=O)O. The van der Waals surface area contributed by atoms with E-state index in [0.29, 0.717) is 19.4 Å². The maximum Gasteiger partial charge on any atom is 0.320 e. The Morgan fingerprint density at radius 1 is 1.00 bits per heavy atom. The smallest absolute Gasteiger partial charge is 0.320 e. The Hall–Kier alpha value is -2.57. The third-order valence-electron chi connectivity index (χ3n) is 3.09. The number of phenolic OH excluding ortho intramolecular Hbond substituents is 2. The van der Waals surface area contributed by atoms with E-state index in [1.807, 2.05) is 30.3 Å². The van der Waals surface area contributed by atoms with Crippen molar-refractivity contribution >= 4 is 5.97 Å². The molecule has 0 saturated carbocycles. The van der Waals surface area contributed by atoms with Crippen LogP contribution in [0.15, 0.2) is 48.5 Å². The number of rotatable bonds is 5. The minimum absolute atomic E-state index is 0.0871. The van der Waals surface area contributed by atoms with Gasteiger partial charge in [0.25, 0.3) is 0 Å². The van der Waals surface area contributed by atoms with Crippen molar-refractivity contribution in [1.82, 2.24) is 0 Å². The van der Waals surface area contributed by atoms with Gasteiger partial charge < -0.3 is 26.8 Å². The van der Waals surface area contributed by atoms with Crippen molar-refractivity contribution in [3.63, 3.8) is 0 Å². The zero-order chi connectivity index (χ0) is 17.2. The Morgan fingerprint density at radius 2 is 1.65 bits per heavy atom. The summed E-state index contributed by atoms with van der Waals surface area (Å²) in [4.78, 5) is 10.4. The van der Waals surface area contributed by atoms with Gasteiger partial charge in [-0.1, -0.05) is 36.4 Å². The molecule has 0 aliphatic heterocycles. The second-order valence-electron chi connectivity index (χ2n) is 5.00.